The SMILES string of the molecule is CCc1ccc(N(C(C)=O)c2nc(COC(=O)CCc3cccs3)cs2)cc1. The minimum atomic E-state index is -0.249. The standard InChI is InChI=1S/C21H22N2O3S2/c1-3-16-6-8-18(9-7-16)23(15(2)24)21-22-17(14-28-21)13-26-20(25)11-10-19-5-4-12-27-19/h4-9,12,14H,3,10-11,13H2,1-2H3. The summed E-state index contributed by atoms with van der Waals surface area (Å²) in [6.07, 6.45) is 1.98. The van der Waals surface area contributed by atoms with Crippen LogP contribution in [0.4, 0.5) is 10.8 Å². The molecule has 0 radical (unpaired) electrons. The van der Waals surface area contributed by atoms with Crippen LogP contribution in [-0.4, -0.2) is 16.9 Å². The molecule has 0 aliphatic carbocycles. The van der Waals surface area contributed by atoms with E-state index in [1.807, 2.05) is 47.2 Å². The molecule has 0 bridgehead atoms. The molecule has 2 aromatic heterocycles. The van der Waals surface area contributed by atoms with Crippen LogP contribution in [-0.2, 0) is 33.8 Å². The van der Waals surface area contributed by atoms with E-state index >= 15 is 0 Å². The first kappa shape index (κ1) is 20.2. The molecule has 0 saturated heterocycles. The second-order valence-electron chi connectivity index (χ2n) is 6.24. The summed E-state index contributed by atoms with van der Waals surface area (Å²) in [5.41, 5.74) is 2.63. The molecule has 146 valence electrons. The molecule has 0 atom stereocenters. The van der Waals surface area contributed by atoms with E-state index in [2.05, 4.69) is 11.9 Å². The maximum atomic E-state index is 12.2. The van der Waals surface area contributed by atoms with Crippen molar-refractivity contribution in [1.82, 2.24) is 4.98 Å². The van der Waals surface area contributed by atoms with Gasteiger partial charge in [-0.25, -0.2) is 4.98 Å². The fourth-order valence-corrected chi connectivity index (χ4v) is 4.26. The van der Waals surface area contributed by atoms with E-state index in [4.69, 9.17) is 4.74 Å². The highest BCUT2D eigenvalue weighted by molar-refractivity contribution is 7.14. The molecule has 0 saturated carbocycles. The van der Waals surface area contributed by atoms with Gasteiger partial charge in [0.15, 0.2) is 5.13 Å². The molecule has 2 heterocycles. The molecular formula is C21H22N2O3S2. The first-order valence-electron chi connectivity index (χ1n) is 9.09. The van der Waals surface area contributed by atoms with E-state index in [1.165, 1.54) is 28.7 Å². The molecule has 0 spiro atoms. The van der Waals surface area contributed by atoms with Gasteiger partial charge in [-0.3, -0.25) is 14.5 Å². The Morgan fingerprint density at radius 2 is 1.93 bits per heavy atom. The highest BCUT2D eigenvalue weighted by Crippen LogP contribution is 2.29. The number of rotatable bonds is 8. The van der Waals surface area contributed by atoms with Crippen LogP contribution >= 0.6 is 22.7 Å². The van der Waals surface area contributed by atoms with Gasteiger partial charge in [0.25, 0.3) is 0 Å². The second kappa shape index (κ2) is 9.61. The molecule has 5 nitrogen and oxygen atoms in total. The number of carbonyl (C=O) groups is 2. The number of hydrogen-bond acceptors (Lipinski definition) is 6. The molecule has 1 aromatic carbocycles. The summed E-state index contributed by atoms with van der Waals surface area (Å²) >= 11 is 2.99. The number of amides is 1. The van der Waals surface area contributed by atoms with Gasteiger partial charge in [-0.2, -0.15) is 0 Å². The van der Waals surface area contributed by atoms with Gasteiger partial charge in [0.05, 0.1) is 17.8 Å². The summed E-state index contributed by atoms with van der Waals surface area (Å²) in [4.78, 5) is 31.3. The Bertz CT molecular complexity index is 918. The molecule has 3 aromatic rings. The lowest BCUT2D eigenvalue weighted by Crippen LogP contribution is -2.22. The number of aryl methyl sites for hydroxylation is 2. The molecule has 0 unspecified atom stereocenters. The molecule has 7 heteroatoms. The number of thiophene rings is 1. The van der Waals surface area contributed by atoms with Crippen molar-refractivity contribution in [2.24, 2.45) is 0 Å². The third-order valence-corrected chi connectivity index (χ3v) is 6.00. The van der Waals surface area contributed by atoms with E-state index in [0.29, 0.717) is 23.7 Å². The molecule has 3 rings (SSSR count). The molecular weight excluding hydrogens is 392 g/mol. The quantitative estimate of drug-likeness (QED) is 0.480. The molecule has 0 aliphatic rings. The largest absolute Gasteiger partial charge is 0.459 e. The van der Waals surface area contributed by atoms with E-state index in [0.717, 1.165) is 12.1 Å². The van der Waals surface area contributed by atoms with E-state index < -0.39 is 0 Å². The number of hydrogen-bond donors (Lipinski definition) is 0. The Kier molecular flexibility index (Phi) is 6.95. The van der Waals surface area contributed by atoms with Crippen molar-refractivity contribution >= 4 is 45.4 Å². The maximum absolute atomic E-state index is 12.2. The topological polar surface area (TPSA) is 59.5 Å². The van der Waals surface area contributed by atoms with Gasteiger partial charge in [0.2, 0.25) is 5.91 Å². The first-order chi connectivity index (χ1) is 13.6. The number of aromatic nitrogens is 1. The number of carbonyl (C=O) groups excluding carboxylic acids is 2. The Hall–Kier alpha value is -2.51. The van der Waals surface area contributed by atoms with Gasteiger partial charge in [0.1, 0.15) is 6.61 Å². The number of esters is 1. The van der Waals surface area contributed by atoms with Crippen molar-refractivity contribution in [3.05, 3.63) is 63.3 Å². The summed E-state index contributed by atoms with van der Waals surface area (Å²) in [5, 5.41) is 4.38. The van der Waals surface area contributed by atoms with E-state index in [-0.39, 0.29) is 18.5 Å². The van der Waals surface area contributed by atoms with Gasteiger partial charge in [-0.1, -0.05) is 25.1 Å². The van der Waals surface area contributed by atoms with Crippen LogP contribution in [0, 0.1) is 0 Å². The lowest BCUT2D eigenvalue weighted by atomic mass is 10.1. The molecule has 0 aliphatic heterocycles. The van der Waals surface area contributed by atoms with Gasteiger partial charge in [-0.05, 0) is 42.0 Å². The summed E-state index contributed by atoms with van der Waals surface area (Å²) in [7, 11) is 0. The van der Waals surface area contributed by atoms with Crippen LogP contribution in [0.2, 0.25) is 0 Å². The molecule has 28 heavy (non-hydrogen) atoms. The van der Waals surface area contributed by atoms with E-state index in [9.17, 15) is 9.59 Å². The number of thiazole rings is 1. The monoisotopic (exact) mass is 414 g/mol. The van der Waals surface area contributed by atoms with Crippen molar-refractivity contribution in [3.8, 4) is 0 Å². The van der Waals surface area contributed by atoms with Crippen LogP contribution in [0.15, 0.2) is 47.2 Å². The molecule has 1 amide bonds. The van der Waals surface area contributed by atoms with Gasteiger partial charge >= 0.3 is 5.97 Å². The van der Waals surface area contributed by atoms with Crippen molar-refractivity contribution in [2.75, 3.05) is 4.90 Å². The average molecular weight is 415 g/mol. The van der Waals surface area contributed by atoms with Crippen LogP contribution in [0.25, 0.3) is 0 Å². The van der Waals surface area contributed by atoms with Crippen LogP contribution in [0.5, 0.6) is 0 Å². The zero-order valence-corrected chi connectivity index (χ0v) is 17.5. The second-order valence-corrected chi connectivity index (χ2v) is 8.10. The summed E-state index contributed by atoms with van der Waals surface area (Å²) < 4.78 is 5.32. The Morgan fingerprint density at radius 1 is 1.14 bits per heavy atom. The lowest BCUT2D eigenvalue weighted by molar-refractivity contribution is -0.145. The predicted molar refractivity (Wildman–Crippen MR) is 113 cm³/mol. The number of nitrogens with zero attached hydrogens (tertiary/aromatic N) is 2. The van der Waals surface area contributed by atoms with Gasteiger partial charge in [0, 0.05) is 17.2 Å². The predicted octanol–water partition coefficient (Wildman–Crippen LogP) is 5.13. The maximum Gasteiger partial charge on any atom is 0.306 e. The Labute approximate surface area is 172 Å². The van der Waals surface area contributed by atoms with Crippen molar-refractivity contribution in [1.29, 1.82) is 0 Å². The summed E-state index contributed by atoms with van der Waals surface area (Å²) in [6, 6.07) is 11.8. The fourth-order valence-electron chi connectivity index (χ4n) is 2.68. The van der Waals surface area contributed by atoms with Gasteiger partial charge < -0.3 is 4.74 Å². The Balaban J connectivity index is 1.60. The molecule has 0 N–H and O–H groups in total. The Morgan fingerprint density at radius 3 is 2.57 bits per heavy atom. The highest BCUT2D eigenvalue weighted by Gasteiger charge is 2.18. The third kappa shape index (κ3) is 5.27. The van der Waals surface area contributed by atoms with Crippen molar-refractivity contribution in [3.63, 3.8) is 0 Å². The highest BCUT2D eigenvalue weighted by atomic mass is 32.1. The van der Waals surface area contributed by atoms with Crippen LogP contribution in [0.3, 0.4) is 0 Å². The number of anilines is 2. The molecule has 0 fully saturated rings. The van der Waals surface area contributed by atoms with Gasteiger partial charge in [-0.15, -0.1) is 22.7 Å². The number of ether oxygens (including phenoxy) is 1. The fraction of sp³-hybridized carbons (Fsp3) is 0.286. The number of benzene rings is 1. The van der Waals surface area contributed by atoms with Crippen LogP contribution < -0.4 is 4.90 Å². The minimum absolute atomic E-state index is 0.111. The normalized spacial score (nSPS) is 10.6. The summed E-state index contributed by atoms with van der Waals surface area (Å²) in [5.74, 6) is -0.361. The average Bonchev–Trinajstić information content (AvgIpc) is 3.37. The minimum Gasteiger partial charge on any atom is -0.459 e. The summed E-state index contributed by atoms with van der Waals surface area (Å²) in [6.45, 7) is 3.71. The van der Waals surface area contributed by atoms with Crippen molar-refractivity contribution < 1.29 is 14.3 Å². The zero-order valence-electron chi connectivity index (χ0n) is 15.9. The first-order valence-corrected chi connectivity index (χ1v) is 10.8. The van der Waals surface area contributed by atoms with Crippen molar-refractivity contribution in [2.45, 2.75) is 39.7 Å². The van der Waals surface area contributed by atoms with E-state index in [1.54, 1.807) is 16.2 Å². The lowest BCUT2D eigenvalue weighted by Gasteiger charge is -2.18. The smallest absolute Gasteiger partial charge is 0.306 e. The zero-order chi connectivity index (χ0) is 19.9. The van der Waals surface area contributed by atoms with Crippen LogP contribution in [0.1, 0.15) is 36.4 Å². The third-order valence-electron chi connectivity index (χ3n) is 4.19.